The number of piperidine rings is 1. The molecule has 25 heavy (non-hydrogen) atoms. The maximum Gasteiger partial charge on any atom is 0.289 e. The molecular weight excluding hydrogens is 386 g/mol. The Morgan fingerprint density at radius 2 is 1.96 bits per heavy atom. The van der Waals surface area contributed by atoms with Gasteiger partial charge in [0.1, 0.15) is 0 Å². The van der Waals surface area contributed by atoms with Gasteiger partial charge >= 0.3 is 0 Å². The standard InChI is InChI=1S/C18H16BrN3O3/c19-15-9-8-14(24-15)18(23)22-10-4-7-13(11-22)17-21-20-16(25-17)12-5-2-1-3-6-12/h1-3,5-6,8-9,13H,4,7,10-11H2/t13-/m0/s1. The molecule has 3 aromatic rings. The van der Waals surface area contributed by atoms with Gasteiger partial charge in [0.15, 0.2) is 10.4 Å². The van der Waals surface area contributed by atoms with Gasteiger partial charge in [0, 0.05) is 18.7 Å². The van der Waals surface area contributed by atoms with E-state index in [1.165, 1.54) is 0 Å². The minimum absolute atomic E-state index is 0.0427. The lowest BCUT2D eigenvalue weighted by Crippen LogP contribution is -2.39. The largest absolute Gasteiger partial charge is 0.444 e. The number of hydrogen-bond donors (Lipinski definition) is 0. The van der Waals surface area contributed by atoms with E-state index in [1.807, 2.05) is 30.3 Å². The second kappa shape index (κ2) is 6.84. The fourth-order valence-electron chi connectivity index (χ4n) is 3.05. The molecule has 0 N–H and O–H groups in total. The maximum atomic E-state index is 12.6. The Morgan fingerprint density at radius 1 is 1.12 bits per heavy atom. The van der Waals surface area contributed by atoms with Crippen LogP contribution in [0.1, 0.15) is 35.2 Å². The maximum absolute atomic E-state index is 12.6. The van der Waals surface area contributed by atoms with Crippen molar-refractivity contribution in [2.75, 3.05) is 13.1 Å². The summed E-state index contributed by atoms with van der Waals surface area (Å²) in [5.74, 6) is 1.35. The van der Waals surface area contributed by atoms with Gasteiger partial charge in [-0.3, -0.25) is 4.79 Å². The van der Waals surface area contributed by atoms with Crippen LogP contribution in [0.25, 0.3) is 11.5 Å². The molecule has 0 saturated carbocycles. The number of likely N-dealkylation sites (tertiary alicyclic amines) is 1. The van der Waals surface area contributed by atoms with Gasteiger partial charge in [-0.1, -0.05) is 18.2 Å². The molecule has 7 heteroatoms. The third-order valence-electron chi connectivity index (χ3n) is 4.30. The van der Waals surface area contributed by atoms with Crippen molar-refractivity contribution in [1.82, 2.24) is 15.1 Å². The Kier molecular flexibility index (Phi) is 4.40. The third-order valence-corrected chi connectivity index (χ3v) is 4.73. The highest BCUT2D eigenvalue weighted by atomic mass is 79.9. The summed E-state index contributed by atoms with van der Waals surface area (Å²) in [6, 6.07) is 13.1. The van der Waals surface area contributed by atoms with E-state index >= 15 is 0 Å². The Balaban J connectivity index is 1.50. The van der Waals surface area contributed by atoms with E-state index in [4.69, 9.17) is 8.83 Å². The Morgan fingerprint density at radius 3 is 2.72 bits per heavy atom. The molecule has 3 heterocycles. The molecule has 6 nitrogen and oxygen atoms in total. The van der Waals surface area contributed by atoms with Crippen molar-refractivity contribution in [3.8, 4) is 11.5 Å². The second-order valence-corrected chi connectivity index (χ2v) is 6.79. The Bertz CT molecular complexity index is 875. The topological polar surface area (TPSA) is 72.4 Å². The second-order valence-electron chi connectivity index (χ2n) is 6.01. The van der Waals surface area contributed by atoms with Gasteiger partial charge in [-0.25, -0.2) is 0 Å². The molecule has 1 atom stereocenters. The van der Waals surface area contributed by atoms with Crippen LogP contribution in [0.3, 0.4) is 0 Å². The van der Waals surface area contributed by atoms with Gasteiger partial charge < -0.3 is 13.7 Å². The number of furan rings is 1. The average molecular weight is 402 g/mol. The SMILES string of the molecule is O=C(c1ccc(Br)o1)N1CCC[C@H](c2nnc(-c3ccccc3)o2)C1. The zero-order valence-electron chi connectivity index (χ0n) is 13.4. The minimum Gasteiger partial charge on any atom is -0.444 e. The van der Waals surface area contributed by atoms with Gasteiger partial charge in [-0.15, -0.1) is 10.2 Å². The van der Waals surface area contributed by atoms with Crippen LogP contribution in [0.4, 0.5) is 0 Å². The minimum atomic E-state index is -0.113. The summed E-state index contributed by atoms with van der Waals surface area (Å²) in [5, 5.41) is 8.35. The highest BCUT2D eigenvalue weighted by molar-refractivity contribution is 9.10. The molecule has 4 rings (SSSR count). The molecule has 0 aliphatic carbocycles. The van der Waals surface area contributed by atoms with Gasteiger partial charge in [0.2, 0.25) is 11.8 Å². The van der Waals surface area contributed by atoms with Gasteiger partial charge in [0.05, 0.1) is 5.92 Å². The third kappa shape index (κ3) is 3.37. The van der Waals surface area contributed by atoms with Crippen LogP contribution in [0.2, 0.25) is 0 Å². The first kappa shape index (κ1) is 16.1. The summed E-state index contributed by atoms with van der Waals surface area (Å²) >= 11 is 3.23. The van der Waals surface area contributed by atoms with Crippen molar-refractivity contribution >= 4 is 21.8 Å². The number of aromatic nitrogens is 2. The Labute approximate surface area is 153 Å². The molecular formula is C18H16BrN3O3. The summed E-state index contributed by atoms with van der Waals surface area (Å²) in [7, 11) is 0. The molecule has 128 valence electrons. The van der Waals surface area contributed by atoms with E-state index in [9.17, 15) is 4.79 Å². The van der Waals surface area contributed by atoms with Crippen LogP contribution in [0.15, 0.2) is 56.0 Å². The molecule has 0 bridgehead atoms. The van der Waals surface area contributed by atoms with E-state index in [2.05, 4.69) is 26.1 Å². The van der Waals surface area contributed by atoms with Crippen LogP contribution in [-0.2, 0) is 0 Å². The first-order valence-corrected chi connectivity index (χ1v) is 8.93. The zero-order valence-corrected chi connectivity index (χ0v) is 15.0. The molecule has 2 aromatic heterocycles. The Hall–Kier alpha value is -2.41. The smallest absolute Gasteiger partial charge is 0.289 e. The van der Waals surface area contributed by atoms with Crippen molar-refractivity contribution in [3.63, 3.8) is 0 Å². The summed E-state index contributed by atoms with van der Waals surface area (Å²) in [6.07, 6.45) is 1.81. The number of amides is 1. The summed E-state index contributed by atoms with van der Waals surface area (Å²) in [6.45, 7) is 1.25. The molecule has 1 aliphatic rings. The van der Waals surface area contributed by atoms with E-state index in [-0.39, 0.29) is 11.8 Å². The first-order chi connectivity index (χ1) is 12.2. The number of carbonyl (C=O) groups excluding carboxylic acids is 1. The zero-order chi connectivity index (χ0) is 17.2. The molecule has 1 aliphatic heterocycles. The van der Waals surface area contributed by atoms with Crippen LogP contribution in [0, 0.1) is 0 Å². The van der Waals surface area contributed by atoms with Crippen molar-refractivity contribution in [2.24, 2.45) is 0 Å². The van der Waals surface area contributed by atoms with Crippen LogP contribution >= 0.6 is 15.9 Å². The van der Waals surface area contributed by atoms with Gasteiger partial charge in [-0.2, -0.15) is 0 Å². The van der Waals surface area contributed by atoms with Crippen molar-refractivity contribution in [1.29, 1.82) is 0 Å². The van der Waals surface area contributed by atoms with E-state index in [0.717, 1.165) is 18.4 Å². The lowest BCUT2D eigenvalue weighted by molar-refractivity contribution is 0.0665. The van der Waals surface area contributed by atoms with Gasteiger partial charge in [-0.05, 0) is 53.0 Å². The number of rotatable bonds is 3. The van der Waals surface area contributed by atoms with Crippen LogP contribution in [0.5, 0.6) is 0 Å². The lowest BCUT2D eigenvalue weighted by atomic mass is 9.98. The molecule has 1 aromatic carbocycles. The summed E-state index contributed by atoms with van der Waals surface area (Å²) in [5.41, 5.74) is 0.894. The van der Waals surface area contributed by atoms with E-state index in [0.29, 0.717) is 35.3 Å². The van der Waals surface area contributed by atoms with E-state index in [1.54, 1.807) is 17.0 Å². The van der Waals surface area contributed by atoms with Crippen molar-refractivity contribution in [2.45, 2.75) is 18.8 Å². The summed E-state index contributed by atoms with van der Waals surface area (Å²) in [4.78, 5) is 14.3. The first-order valence-electron chi connectivity index (χ1n) is 8.14. The fraction of sp³-hybridized carbons (Fsp3) is 0.278. The molecule has 0 radical (unpaired) electrons. The highest BCUT2D eigenvalue weighted by Gasteiger charge is 2.30. The number of carbonyl (C=O) groups is 1. The molecule has 0 spiro atoms. The number of hydrogen-bond acceptors (Lipinski definition) is 5. The van der Waals surface area contributed by atoms with Crippen LogP contribution < -0.4 is 0 Å². The monoisotopic (exact) mass is 401 g/mol. The van der Waals surface area contributed by atoms with Crippen molar-refractivity contribution in [3.05, 3.63) is 58.8 Å². The number of benzene rings is 1. The quantitative estimate of drug-likeness (QED) is 0.659. The number of nitrogens with zero attached hydrogens (tertiary/aromatic N) is 3. The van der Waals surface area contributed by atoms with E-state index < -0.39 is 0 Å². The highest BCUT2D eigenvalue weighted by Crippen LogP contribution is 2.29. The molecule has 1 amide bonds. The average Bonchev–Trinajstić information content (AvgIpc) is 3.31. The van der Waals surface area contributed by atoms with Gasteiger partial charge in [0.25, 0.3) is 5.91 Å². The summed E-state index contributed by atoms with van der Waals surface area (Å²) < 4.78 is 11.8. The molecule has 1 fully saturated rings. The molecule has 1 saturated heterocycles. The predicted molar refractivity (Wildman–Crippen MR) is 94.0 cm³/mol. The lowest BCUT2D eigenvalue weighted by Gasteiger charge is -2.30. The normalized spacial score (nSPS) is 17.6. The van der Waals surface area contributed by atoms with Crippen molar-refractivity contribution < 1.29 is 13.6 Å². The van der Waals surface area contributed by atoms with Crippen LogP contribution in [-0.4, -0.2) is 34.1 Å². The fourth-order valence-corrected chi connectivity index (χ4v) is 3.35. The number of halogens is 1. The predicted octanol–water partition coefficient (Wildman–Crippen LogP) is 4.11. The molecule has 0 unspecified atom stereocenters.